The van der Waals surface area contributed by atoms with Gasteiger partial charge in [0, 0.05) is 44.2 Å². The number of aromatic nitrogens is 2. The number of oxazole rings is 1. The van der Waals surface area contributed by atoms with E-state index in [1.54, 1.807) is 0 Å². The predicted molar refractivity (Wildman–Crippen MR) is 229 cm³/mol. The Hall–Kier alpha value is -7.43. The van der Waals surface area contributed by atoms with Crippen molar-refractivity contribution in [2.45, 2.75) is 0 Å². The summed E-state index contributed by atoms with van der Waals surface area (Å²) in [5, 5.41) is 6.99. The summed E-state index contributed by atoms with van der Waals surface area (Å²) in [6, 6.07) is 71.1. The summed E-state index contributed by atoms with van der Waals surface area (Å²) >= 11 is 0. The maximum Gasteiger partial charge on any atom is 0.227 e. The maximum atomic E-state index is 6.53. The number of fused-ring (bicyclic) bond motifs is 7. The second-order valence-corrected chi connectivity index (χ2v) is 14.0. The Morgan fingerprint density at radius 2 is 1.05 bits per heavy atom. The highest BCUT2D eigenvalue weighted by atomic mass is 16.3. The predicted octanol–water partition coefficient (Wildman–Crippen LogP) is 14.0. The molecule has 0 aliphatic carbocycles. The average molecular weight is 704 g/mol. The smallest absolute Gasteiger partial charge is 0.227 e. The summed E-state index contributed by atoms with van der Waals surface area (Å²) in [6.07, 6.45) is 0. The highest BCUT2D eigenvalue weighted by Gasteiger charge is 2.22. The van der Waals surface area contributed by atoms with Crippen molar-refractivity contribution < 1.29 is 4.42 Å². The topological polar surface area (TPSA) is 34.2 Å². The molecule has 9 aromatic carbocycles. The molecule has 11 rings (SSSR count). The molecule has 0 atom stereocenters. The third kappa shape index (κ3) is 5.19. The molecule has 0 aliphatic heterocycles. The lowest BCUT2D eigenvalue weighted by Gasteiger charge is -2.27. The molecule has 0 N–H and O–H groups in total. The van der Waals surface area contributed by atoms with Crippen LogP contribution in [-0.2, 0) is 0 Å². The van der Waals surface area contributed by atoms with Crippen LogP contribution in [0.25, 0.3) is 82.7 Å². The van der Waals surface area contributed by atoms with Gasteiger partial charge in [-0.3, -0.25) is 0 Å². The van der Waals surface area contributed by atoms with Crippen molar-refractivity contribution in [2.24, 2.45) is 0 Å². The van der Waals surface area contributed by atoms with E-state index in [4.69, 9.17) is 9.40 Å². The first-order chi connectivity index (χ1) is 27.3. The van der Waals surface area contributed by atoms with Gasteiger partial charge in [0.25, 0.3) is 0 Å². The first-order valence-corrected chi connectivity index (χ1v) is 18.6. The van der Waals surface area contributed by atoms with E-state index in [1.807, 2.05) is 30.3 Å². The summed E-state index contributed by atoms with van der Waals surface area (Å²) in [6.45, 7) is 0. The van der Waals surface area contributed by atoms with Gasteiger partial charge in [-0.05, 0) is 88.6 Å². The Labute approximate surface area is 317 Å². The zero-order valence-electron chi connectivity index (χ0n) is 29.8. The van der Waals surface area contributed by atoms with Crippen molar-refractivity contribution in [3.8, 4) is 28.3 Å². The summed E-state index contributed by atoms with van der Waals surface area (Å²) in [4.78, 5) is 7.45. The standard InChI is InChI=1S/C51H33N3O/c1-3-14-36(15-4-1)51-52-46-33-49(43-20-9-10-21-45(43)50(46)55-51)53(40-27-25-35(26-28-40)38-24-23-34-13-7-8-16-37(34)31-38)41-29-30-44-42-19-11-12-22-47(42)54(48(44)32-41)39-17-5-2-6-18-39/h1-33H. The maximum absolute atomic E-state index is 6.53. The molecule has 2 aromatic heterocycles. The summed E-state index contributed by atoms with van der Waals surface area (Å²) in [5.41, 5.74) is 11.4. The number of rotatable bonds is 6. The van der Waals surface area contributed by atoms with Crippen LogP contribution in [0.4, 0.5) is 17.1 Å². The van der Waals surface area contributed by atoms with Crippen LogP contribution in [-0.4, -0.2) is 9.55 Å². The molecule has 0 bridgehead atoms. The van der Waals surface area contributed by atoms with Crippen molar-refractivity contribution >= 4 is 71.5 Å². The van der Waals surface area contributed by atoms with Crippen LogP contribution in [0.1, 0.15) is 0 Å². The van der Waals surface area contributed by atoms with Gasteiger partial charge in [0.15, 0.2) is 5.58 Å². The van der Waals surface area contributed by atoms with Gasteiger partial charge in [0.05, 0.1) is 16.7 Å². The SMILES string of the molecule is c1ccc(-c2nc3cc(N(c4ccc(-c5ccc6ccccc6c5)cc4)c4ccc5c6ccccc6n(-c6ccccc6)c5c4)c4ccccc4c3o2)cc1. The molecule has 11 aromatic rings. The Kier molecular flexibility index (Phi) is 7.14. The molecule has 0 saturated heterocycles. The van der Waals surface area contributed by atoms with Gasteiger partial charge in [-0.25, -0.2) is 4.98 Å². The number of hydrogen-bond donors (Lipinski definition) is 0. The van der Waals surface area contributed by atoms with Gasteiger partial charge < -0.3 is 13.9 Å². The lowest BCUT2D eigenvalue weighted by atomic mass is 10.0. The third-order valence-electron chi connectivity index (χ3n) is 10.8. The van der Waals surface area contributed by atoms with Gasteiger partial charge >= 0.3 is 0 Å². The van der Waals surface area contributed by atoms with Crippen LogP contribution >= 0.6 is 0 Å². The Bertz CT molecular complexity index is 3200. The van der Waals surface area contributed by atoms with E-state index >= 15 is 0 Å². The summed E-state index contributed by atoms with van der Waals surface area (Å²) in [5.74, 6) is 0.609. The zero-order chi connectivity index (χ0) is 36.3. The van der Waals surface area contributed by atoms with Crippen molar-refractivity contribution in [3.63, 3.8) is 0 Å². The summed E-state index contributed by atoms with van der Waals surface area (Å²) in [7, 11) is 0. The van der Waals surface area contributed by atoms with Crippen molar-refractivity contribution in [1.29, 1.82) is 0 Å². The largest absolute Gasteiger partial charge is 0.435 e. The molecule has 0 unspecified atom stereocenters. The molecule has 4 heteroatoms. The minimum Gasteiger partial charge on any atom is -0.435 e. The van der Waals surface area contributed by atoms with Crippen LogP contribution in [0.2, 0.25) is 0 Å². The highest BCUT2D eigenvalue weighted by molar-refractivity contribution is 6.13. The number of nitrogens with zero attached hydrogens (tertiary/aromatic N) is 3. The fourth-order valence-electron chi connectivity index (χ4n) is 8.18. The van der Waals surface area contributed by atoms with E-state index in [2.05, 4.69) is 179 Å². The molecular weight excluding hydrogens is 671 g/mol. The van der Waals surface area contributed by atoms with Gasteiger partial charge in [0.2, 0.25) is 5.89 Å². The lowest BCUT2D eigenvalue weighted by molar-refractivity contribution is 0.623. The number of para-hydroxylation sites is 2. The molecule has 2 heterocycles. The van der Waals surface area contributed by atoms with E-state index in [-0.39, 0.29) is 0 Å². The highest BCUT2D eigenvalue weighted by Crippen LogP contribution is 2.45. The Morgan fingerprint density at radius 1 is 0.418 bits per heavy atom. The van der Waals surface area contributed by atoms with E-state index in [0.717, 1.165) is 55.7 Å². The molecule has 0 radical (unpaired) electrons. The van der Waals surface area contributed by atoms with Gasteiger partial charge in [0.1, 0.15) is 5.52 Å². The monoisotopic (exact) mass is 703 g/mol. The number of benzene rings is 9. The Morgan fingerprint density at radius 3 is 1.87 bits per heavy atom. The van der Waals surface area contributed by atoms with Crippen LogP contribution < -0.4 is 4.90 Å². The van der Waals surface area contributed by atoms with Gasteiger partial charge in [-0.15, -0.1) is 0 Å². The van der Waals surface area contributed by atoms with Crippen molar-refractivity contribution in [3.05, 3.63) is 200 Å². The fourth-order valence-corrected chi connectivity index (χ4v) is 8.18. The van der Waals surface area contributed by atoms with Crippen molar-refractivity contribution in [1.82, 2.24) is 9.55 Å². The lowest BCUT2D eigenvalue weighted by Crippen LogP contribution is -2.11. The molecule has 55 heavy (non-hydrogen) atoms. The average Bonchev–Trinajstić information content (AvgIpc) is 3.84. The Balaban J connectivity index is 1.15. The second-order valence-electron chi connectivity index (χ2n) is 14.0. The quantitative estimate of drug-likeness (QED) is 0.173. The molecule has 0 amide bonds. The molecule has 0 fully saturated rings. The third-order valence-corrected chi connectivity index (χ3v) is 10.8. The minimum absolute atomic E-state index is 0.609. The van der Waals surface area contributed by atoms with E-state index in [0.29, 0.717) is 5.89 Å². The van der Waals surface area contributed by atoms with Crippen LogP contribution in [0.15, 0.2) is 205 Å². The van der Waals surface area contributed by atoms with Crippen molar-refractivity contribution in [2.75, 3.05) is 4.90 Å². The first-order valence-electron chi connectivity index (χ1n) is 18.6. The van der Waals surface area contributed by atoms with Gasteiger partial charge in [-0.1, -0.05) is 133 Å². The molecular formula is C51H33N3O. The van der Waals surface area contributed by atoms with E-state index < -0.39 is 0 Å². The molecule has 258 valence electrons. The second kappa shape index (κ2) is 12.6. The molecule has 0 aliphatic rings. The normalized spacial score (nSPS) is 11.6. The fraction of sp³-hybridized carbons (Fsp3) is 0. The zero-order valence-corrected chi connectivity index (χ0v) is 29.8. The van der Waals surface area contributed by atoms with E-state index in [1.165, 1.54) is 38.2 Å². The van der Waals surface area contributed by atoms with Crippen LogP contribution in [0.5, 0.6) is 0 Å². The summed E-state index contributed by atoms with van der Waals surface area (Å²) < 4.78 is 8.91. The van der Waals surface area contributed by atoms with E-state index in [9.17, 15) is 0 Å². The number of anilines is 3. The van der Waals surface area contributed by atoms with Gasteiger partial charge in [-0.2, -0.15) is 0 Å². The molecule has 4 nitrogen and oxygen atoms in total. The first kappa shape index (κ1) is 31.1. The number of hydrogen-bond acceptors (Lipinski definition) is 3. The minimum atomic E-state index is 0.609. The molecule has 0 spiro atoms. The van der Waals surface area contributed by atoms with Crippen LogP contribution in [0, 0.1) is 0 Å². The molecule has 0 saturated carbocycles. The van der Waals surface area contributed by atoms with Crippen LogP contribution in [0.3, 0.4) is 0 Å².